The highest BCUT2D eigenvalue weighted by molar-refractivity contribution is 6.12. The van der Waals surface area contributed by atoms with E-state index in [0.29, 0.717) is 0 Å². The molecule has 1 heterocycles. The normalized spacial score (nSPS) is 19.6. The number of carbonyl (C=O) groups is 3. The standard InChI is InChI=1S/C26H20F5N3O3/c1-34-22(24(36)33-19-12-5-3-10-17(19)28)20(14-7-6-8-15(13-14)26(29,30)31)21(25(34)37)23(35)32-18-11-4-2-9-16(18)27/h2-13,20-22H,1H3,(H,32,35)(H,33,36). The maximum Gasteiger partial charge on any atom is 0.416 e. The molecular formula is C26H20F5N3O3. The van der Waals surface area contributed by atoms with Crippen LogP contribution in [0.3, 0.4) is 0 Å². The quantitative estimate of drug-likeness (QED) is 0.377. The van der Waals surface area contributed by atoms with Gasteiger partial charge in [-0.15, -0.1) is 0 Å². The molecule has 6 nitrogen and oxygen atoms in total. The van der Waals surface area contributed by atoms with Crippen molar-refractivity contribution in [3.05, 3.63) is 95.6 Å². The molecule has 192 valence electrons. The van der Waals surface area contributed by atoms with Crippen LogP contribution in [0, 0.1) is 17.6 Å². The maximum absolute atomic E-state index is 14.2. The third-order valence-electron chi connectivity index (χ3n) is 6.14. The topological polar surface area (TPSA) is 78.5 Å². The zero-order valence-electron chi connectivity index (χ0n) is 19.2. The van der Waals surface area contributed by atoms with Gasteiger partial charge in [-0.05, 0) is 35.9 Å². The molecule has 1 fully saturated rings. The fourth-order valence-electron chi connectivity index (χ4n) is 4.39. The van der Waals surface area contributed by atoms with E-state index in [4.69, 9.17) is 0 Å². The smallest absolute Gasteiger partial charge is 0.332 e. The van der Waals surface area contributed by atoms with Crippen molar-refractivity contribution in [1.29, 1.82) is 0 Å². The van der Waals surface area contributed by atoms with Crippen LogP contribution in [0.4, 0.5) is 33.3 Å². The number of anilines is 2. The second kappa shape index (κ2) is 10.00. The van der Waals surface area contributed by atoms with E-state index < -0.39 is 59.0 Å². The van der Waals surface area contributed by atoms with Crippen molar-refractivity contribution in [3.8, 4) is 0 Å². The molecule has 0 spiro atoms. The lowest BCUT2D eigenvalue weighted by Gasteiger charge is -2.26. The van der Waals surface area contributed by atoms with Crippen LogP contribution in [-0.2, 0) is 20.6 Å². The van der Waals surface area contributed by atoms with Crippen molar-refractivity contribution in [3.63, 3.8) is 0 Å². The van der Waals surface area contributed by atoms with Gasteiger partial charge < -0.3 is 15.5 Å². The number of hydrogen-bond donors (Lipinski definition) is 2. The van der Waals surface area contributed by atoms with E-state index in [0.717, 1.165) is 35.2 Å². The molecule has 0 saturated carbocycles. The molecule has 1 aliphatic heterocycles. The first-order valence-corrected chi connectivity index (χ1v) is 11.0. The first kappa shape index (κ1) is 25.8. The van der Waals surface area contributed by atoms with E-state index in [-0.39, 0.29) is 16.9 Å². The zero-order valence-corrected chi connectivity index (χ0v) is 19.2. The molecule has 0 aliphatic carbocycles. The highest BCUT2D eigenvalue weighted by Gasteiger charge is 2.54. The summed E-state index contributed by atoms with van der Waals surface area (Å²) in [6.45, 7) is 0. The number of likely N-dealkylation sites (tertiary alicyclic amines) is 1. The third-order valence-corrected chi connectivity index (χ3v) is 6.14. The van der Waals surface area contributed by atoms with Crippen molar-refractivity contribution in [2.24, 2.45) is 5.92 Å². The summed E-state index contributed by atoms with van der Waals surface area (Å²) >= 11 is 0. The number of nitrogens with zero attached hydrogens (tertiary/aromatic N) is 1. The number of alkyl halides is 3. The van der Waals surface area contributed by atoms with Crippen molar-refractivity contribution in [2.45, 2.75) is 18.1 Å². The van der Waals surface area contributed by atoms with Crippen molar-refractivity contribution in [2.75, 3.05) is 17.7 Å². The lowest BCUT2D eigenvalue weighted by atomic mass is 9.82. The van der Waals surface area contributed by atoms with Crippen LogP contribution < -0.4 is 10.6 Å². The van der Waals surface area contributed by atoms with Gasteiger partial charge in [0.1, 0.15) is 23.6 Å². The van der Waals surface area contributed by atoms with E-state index >= 15 is 0 Å². The summed E-state index contributed by atoms with van der Waals surface area (Å²) in [5.74, 6) is -7.44. The Morgan fingerprint density at radius 1 is 0.811 bits per heavy atom. The van der Waals surface area contributed by atoms with Crippen LogP contribution in [0.5, 0.6) is 0 Å². The van der Waals surface area contributed by atoms with Crippen molar-refractivity contribution >= 4 is 29.1 Å². The zero-order chi connectivity index (χ0) is 26.9. The molecule has 0 radical (unpaired) electrons. The summed E-state index contributed by atoms with van der Waals surface area (Å²) in [6.07, 6.45) is -4.74. The van der Waals surface area contributed by atoms with Crippen LogP contribution in [0.2, 0.25) is 0 Å². The minimum Gasteiger partial charge on any atom is -0.332 e. The fraction of sp³-hybridized carbons (Fsp3) is 0.192. The van der Waals surface area contributed by atoms with Crippen LogP contribution >= 0.6 is 0 Å². The Kier molecular flexibility index (Phi) is 6.97. The Morgan fingerprint density at radius 3 is 1.89 bits per heavy atom. The Bertz CT molecular complexity index is 1360. The van der Waals surface area contributed by atoms with Crippen molar-refractivity contribution in [1.82, 2.24) is 4.90 Å². The van der Waals surface area contributed by atoms with Gasteiger partial charge in [-0.1, -0.05) is 42.5 Å². The lowest BCUT2D eigenvalue weighted by molar-refractivity contribution is -0.138. The molecule has 3 amide bonds. The summed E-state index contributed by atoms with van der Waals surface area (Å²) in [4.78, 5) is 40.7. The van der Waals surface area contributed by atoms with Gasteiger partial charge in [-0.25, -0.2) is 8.78 Å². The molecule has 4 rings (SSSR count). The molecule has 1 saturated heterocycles. The number of benzene rings is 3. The first-order chi connectivity index (χ1) is 17.5. The molecule has 3 aromatic rings. The van der Waals surface area contributed by atoms with Gasteiger partial charge in [0.05, 0.1) is 16.9 Å². The van der Waals surface area contributed by atoms with E-state index in [1.807, 2.05) is 0 Å². The van der Waals surface area contributed by atoms with Gasteiger partial charge in [-0.3, -0.25) is 14.4 Å². The predicted octanol–water partition coefficient (Wildman–Crippen LogP) is 4.80. The average molecular weight is 517 g/mol. The monoisotopic (exact) mass is 517 g/mol. The Balaban J connectivity index is 1.77. The Hall–Kier alpha value is -4.28. The number of amides is 3. The molecule has 0 aromatic heterocycles. The van der Waals surface area contributed by atoms with E-state index in [2.05, 4.69) is 10.6 Å². The molecule has 1 aliphatic rings. The number of hydrogen-bond acceptors (Lipinski definition) is 3. The third kappa shape index (κ3) is 5.16. The maximum atomic E-state index is 14.2. The van der Waals surface area contributed by atoms with Gasteiger partial charge >= 0.3 is 6.18 Å². The molecule has 3 atom stereocenters. The summed E-state index contributed by atoms with van der Waals surface area (Å²) < 4.78 is 68.7. The largest absolute Gasteiger partial charge is 0.416 e. The first-order valence-electron chi connectivity index (χ1n) is 11.0. The average Bonchev–Trinajstić information content (AvgIpc) is 3.12. The number of nitrogens with one attached hydrogen (secondary N) is 2. The number of likely N-dealkylation sites (N-methyl/N-ethyl adjacent to an activating group) is 1. The second-order valence-electron chi connectivity index (χ2n) is 8.46. The van der Waals surface area contributed by atoms with Gasteiger partial charge in [0, 0.05) is 13.0 Å². The van der Waals surface area contributed by atoms with Crippen LogP contribution in [-0.4, -0.2) is 35.7 Å². The molecular weight excluding hydrogens is 497 g/mol. The molecule has 0 bridgehead atoms. The molecule has 3 aromatic carbocycles. The highest BCUT2D eigenvalue weighted by atomic mass is 19.4. The van der Waals surface area contributed by atoms with E-state index in [1.54, 1.807) is 0 Å². The SMILES string of the molecule is CN1C(=O)C(C(=O)Nc2ccccc2F)C(c2cccc(C(F)(F)F)c2)C1C(=O)Nc1ccccc1F. The summed E-state index contributed by atoms with van der Waals surface area (Å²) in [6, 6.07) is 12.8. The molecule has 11 heteroatoms. The second-order valence-corrected chi connectivity index (χ2v) is 8.46. The lowest BCUT2D eigenvalue weighted by Crippen LogP contribution is -2.41. The minimum absolute atomic E-state index is 0.116. The Labute approximate surface area is 208 Å². The number of halogens is 5. The molecule has 2 N–H and O–H groups in total. The summed E-state index contributed by atoms with van der Waals surface area (Å²) in [7, 11) is 1.21. The number of para-hydroxylation sites is 2. The van der Waals surface area contributed by atoms with E-state index in [1.165, 1.54) is 49.5 Å². The van der Waals surface area contributed by atoms with E-state index in [9.17, 15) is 36.3 Å². The predicted molar refractivity (Wildman–Crippen MR) is 124 cm³/mol. The Morgan fingerprint density at radius 2 is 1.35 bits per heavy atom. The minimum atomic E-state index is -4.74. The van der Waals surface area contributed by atoms with Gasteiger partial charge in [0.25, 0.3) is 0 Å². The number of carbonyl (C=O) groups excluding carboxylic acids is 3. The highest BCUT2D eigenvalue weighted by Crippen LogP contribution is 2.41. The molecule has 3 unspecified atom stereocenters. The van der Waals surface area contributed by atoms with Crippen molar-refractivity contribution < 1.29 is 36.3 Å². The van der Waals surface area contributed by atoms with Gasteiger partial charge in [0.2, 0.25) is 17.7 Å². The fourth-order valence-corrected chi connectivity index (χ4v) is 4.39. The van der Waals surface area contributed by atoms with Gasteiger partial charge in [-0.2, -0.15) is 13.2 Å². The van der Waals surface area contributed by atoms with Gasteiger partial charge in [0.15, 0.2) is 0 Å². The van der Waals surface area contributed by atoms with Crippen LogP contribution in [0.1, 0.15) is 17.0 Å². The van der Waals surface area contributed by atoms with Crippen LogP contribution in [0.25, 0.3) is 0 Å². The van der Waals surface area contributed by atoms with Crippen LogP contribution in [0.15, 0.2) is 72.8 Å². The summed E-state index contributed by atoms with van der Waals surface area (Å²) in [5.41, 5.74) is -1.62. The summed E-state index contributed by atoms with van der Waals surface area (Å²) in [5, 5.41) is 4.63. The molecule has 37 heavy (non-hydrogen) atoms. The number of rotatable bonds is 5.